The summed E-state index contributed by atoms with van der Waals surface area (Å²) in [5.41, 5.74) is 1.38. The monoisotopic (exact) mass is 532 g/mol. The first kappa shape index (κ1) is 26.4. The molecule has 0 spiro atoms. The number of aromatic hydroxyl groups is 1. The van der Waals surface area contributed by atoms with Gasteiger partial charge in [-0.2, -0.15) is 0 Å². The van der Waals surface area contributed by atoms with Crippen molar-refractivity contribution in [3.05, 3.63) is 74.0 Å². The minimum atomic E-state index is -0.785. The number of aliphatic hydroxyl groups is 1. The largest absolute Gasteiger partial charge is 0.506 e. The van der Waals surface area contributed by atoms with E-state index < -0.39 is 6.10 Å². The summed E-state index contributed by atoms with van der Waals surface area (Å²) in [7, 11) is 0. The number of pyridine rings is 1. The minimum absolute atomic E-state index is 0.0275. The van der Waals surface area contributed by atoms with Crippen LogP contribution in [-0.2, 0) is 11.3 Å². The predicted octanol–water partition coefficient (Wildman–Crippen LogP) is 3.33. The van der Waals surface area contributed by atoms with Crippen molar-refractivity contribution in [2.45, 2.75) is 38.0 Å². The first-order valence-electron chi connectivity index (χ1n) is 12.0. The zero-order valence-electron chi connectivity index (χ0n) is 19.8. The van der Waals surface area contributed by atoms with Crippen LogP contribution < -0.4 is 16.2 Å². The molecule has 1 aliphatic heterocycles. The molecule has 4 rings (SSSR count). The van der Waals surface area contributed by atoms with Crippen LogP contribution in [-0.4, -0.2) is 58.2 Å². The van der Waals surface area contributed by atoms with Gasteiger partial charge in [-0.1, -0.05) is 35.3 Å². The summed E-state index contributed by atoms with van der Waals surface area (Å²) in [6.45, 7) is 3.06. The van der Waals surface area contributed by atoms with Crippen LogP contribution in [0.2, 0.25) is 10.0 Å². The number of aromatic nitrogens is 1. The molecule has 0 unspecified atom stereocenters. The van der Waals surface area contributed by atoms with E-state index in [4.69, 9.17) is 23.2 Å². The van der Waals surface area contributed by atoms with E-state index in [1.807, 2.05) is 0 Å². The van der Waals surface area contributed by atoms with Gasteiger partial charge in [-0.3, -0.25) is 9.59 Å². The van der Waals surface area contributed by atoms with E-state index >= 15 is 0 Å². The van der Waals surface area contributed by atoms with Crippen molar-refractivity contribution in [2.24, 2.45) is 0 Å². The highest BCUT2D eigenvalue weighted by Crippen LogP contribution is 2.29. The van der Waals surface area contributed by atoms with Crippen molar-refractivity contribution in [2.75, 3.05) is 26.2 Å². The Kier molecular flexibility index (Phi) is 8.87. The maximum Gasteiger partial charge on any atom is 0.248 e. The Hall–Kier alpha value is -2.62. The van der Waals surface area contributed by atoms with Crippen LogP contribution in [0.1, 0.15) is 36.5 Å². The molecular formula is C26H30Cl2N4O4. The summed E-state index contributed by atoms with van der Waals surface area (Å²) in [5.74, 6) is -0.0721. The molecule has 0 bridgehead atoms. The number of aliphatic hydroxyl groups excluding tert-OH is 1. The second-order valence-corrected chi connectivity index (χ2v) is 9.87. The van der Waals surface area contributed by atoms with Crippen molar-refractivity contribution < 1.29 is 15.0 Å². The molecule has 36 heavy (non-hydrogen) atoms. The number of benzene rings is 2. The number of amides is 1. The number of rotatable bonds is 9. The Labute approximate surface area is 219 Å². The lowest BCUT2D eigenvalue weighted by molar-refractivity contribution is -0.121. The fourth-order valence-corrected chi connectivity index (χ4v) is 5.07. The Morgan fingerprint density at radius 2 is 1.83 bits per heavy atom. The van der Waals surface area contributed by atoms with Crippen molar-refractivity contribution in [1.82, 2.24) is 20.5 Å². The summed E-state index contributed by atoms with van der Waals surface area (Å²) >= 11 is 12.3. The van der Waals surface area contributed by atoms with Crippen molar-refractivity contribution in [1.29, 1.82) is 0 Å². The number of piperidine rings is 1. The zero-order valence-corrected chi connectivity index (χ0v) is 21.3. The van der Waals surface area contributed by atoms with E-state index in [1.54, 1.807) is 30.3 Å². The van der Waals surface area contributed by atoms with Gasteiger partial charge in [-0.15, -0.1) is 0 Å². The third kappa shape index (κ3) is 6.57. The number of aromatic amines is 1. The van der Waals surface area contributed by atoms with Gasteiger partial charge in [0.05, 0.1) is 11.6 Å². The summed E-state index contributed by atoms with van der Waals surface area (Å²) < 4.78 is 0. The summed E-state index contributed by atoms with van der Waals surface area (Å²) in [6.07, 6.45) is 1.43. The lowest BCUT2D eigenvalue weighted by atomic mass is 10.0. The number of likely N-dealkylation sites (tertiary alicyclic amines) is 1. The van der Waals surface area contributed by atoms with Gasteiger partial charge in [0.25, 0.3) is 0 Å². The van der Waals surface area contributed by atoms with Gasteiger partial charge in [0.2, 0.25) is 11.5 Å². The Morgan fingerprint density at radius 1 is 1.11 bits per heavy atom. The normalized spacial score (nSPS) is 15.8. The second kappa shape index (κ2) is 12.1. The van der Waals surface area contributed by atoms with Crippen LogP contribution in [0.5, 0.6) is 5.75 Å². The van der Waals surface area contributed by atoms with Crippen LogP contribution in [0.3, 0.4) is 0 Å². The lowest BCUT2D eigenvalue weighted by Gasteiger charge is -2.32. The number of halogens is 2. The highest BCUT2D eigenvalue weighted by atomic mass is 35.5. The highest BCUT2D eigenvalue weighted by molar-refractivity contribution is 6.36. The number of phenols is 1. The average Bonchev–Trinajstić information content (AvgIpc) is 2.87. The van der Waals surface area contributed by atoms with Gasteiger partial charge in [0.1, 0.15) is 5.75 Å². The van der Waals surface area contributed by atoms with Crippen molar-refractivity contribution in [3.8, 4) is 5.75 Å². The van der Waals surface area contributed by atoms with Gasteiger partial charge in [0, 0.05) is 59.2 Å². The molecule has 8 nitrogen and oxygen atoms in total. The van der Waals surface area contributed by atoms with E-state index in [-0.39, 0.29) is 23.3 Å². The number of nitrogens with zero attached hydrogens (tertiary/aromatic N) is 1. The molecule has 1 saturated heterocycles. The number of hydrogen-bond donors (Lipinski definition) is 5. The van der Waals surface area contributed by atoms with Crippen LogP contribution in [0, 0.1) is 0 Å². The fourth-order valence-electron chi connectivity index (χ4n) is 4.53. The van der Waals surface area contributed by atoms with Gasteiger partial charge in [0.15, 0.2) is 0 Å². The van der Waals surface area contributed by atoms with E-state index in [0.717, 1.165) is 31.5 Å². The predicted molar refractivity (Wildman–Crippen MR) is 142 cm³/mol. The molecule has 2 aromatic carbocycles. The number of H-pyrrole nitrogens is 1. The Morgan fingerprint density at radius 3 is 2.56 bits per heavy atom. The molecule has 1 aromatic heterocycles. The Balaban J connectivity index is 1.19. The zero-order chi connectivity index (χ0) is 25.7. The molecule has 0 saturated carbocycles. The number of carbonyl (C=O) groups excluding carboxylic acids is 1. The van der Waals surface area contributed by atoms with Gasteiger partial charge >= 0.3 is 0 Å². The molecular weight excluding hydrogens is 503 g/mol. The summed E-state index contributed by atoms with van der Waals surface area (Å²) in [5, 5.41) is 28.8. The molecule has 1 fully saturated rings. The highest BCUT2D eigenvalue weighted by Gasteiger charge is 2.21. The molecule has 192 valence electrons. The molecule has 1 atom stereocenters. The molecule has 5 N–H and O–H groups in total. The van der Waals surface area contributed by atoms with Crippen molar-refractivity contribution >= 4 is 40.0 Å². The lowest BCUT2D eigenvalue weighted by Crippen LogP contribution is -2.44. The number of fused-ring (bicyclic) bond motifs is 1. The standard InChI is InChI=1S/C26H30Cl2N4O4/c27-20-2-1-3-21(28)19(20)14-30-24(35)10-13-32-11-8-16(9-12-32)29-15-23(34)17-4-6-22(33)26-18(17)5-7-25(36)31-26/h1-7,16,23,29,33-34H,8-15H2,(H,30,35)(H,31,36)/t23-/m0/s1. The second-order valence-electron chi connectivity index (χ2n) is 9.05. The molecule has 0 radical (unpaired) electrons. The first-order valence-corrected chi connectivity index (χ1v) is 12.8. The van der Waals surface area contributed by atoms with Crippen LogP contribution in [0.25, 0.3) is 10.9 Å². The van der Waals surface area contributed by atoms with E-state index in [9.17, 15) is 19.8 Å². The maximum absolute atomic E-state index is 12.3. The molecule has 2 heterocycles. The SMILES string of the molecule is O=C(CCN1CCC(NC[C@H](O)c2ccc(O)c3[nH]c(=O)ccc23)CC1)NCc1c(Cl)cccc1Cl. The Bertz CT molecular complexity index is 1250. The number of hydrogen-bond acceptors (Lipinski definition) is 6. The van der Waals surface area contributed by atoms with Crippen LogP contribution in [0.15, 0.2) is 47.3 Å². The van der Waals surface area contributed by atoms with Crippen LogP contribution in [0.4, 0.5) is 0 Å². The fraction of sp³-hybridized carbons (Fsp3) is 0.385. The third-order valence-corrected chi connectivity index (χ3v) is 7.34. The molecule has 0 aliphatic carbocycles. The molecule has 3 aromatic rings. The van der Waals surface area contributed by atoms with Crippen LogP contribution >= 0.6 is 23.2 Å². The summed E-state index contributed by atoms with van der Waals surface area (Å²) in [6, 6.07) is 11.7. The minimum Gasteiger partial charge on any atom is -0.506 e. The van der Waals surface area contributed by atoms with Crippen molar-refractivity contribution in [3.63, 3.8) is 0 Å². The number of phenolic OH excluding ortho intramolecular Hbond substituents is 1. The maximum atomic E-state index is 12.3. The number of nitrogens with one attached hydrogen (secondary N) is 3. The van der Waals surface area contributed by atoms with Gasteiger partial charge in [-0.25, -0.2) is 0 Å². The van der Waals surface area contributed by atoms with E-state index in [2.05, 4.69) is 20.5 Å². The van der Waals surface area contributed by atoms with E-state index in [0.29, 0.717) is 52.6 Å². The van der Waals surface area contributed by atoms with E-state index in [1.165, 1.54) is 12.1 Å². The number of carbonyl (C=O) groups is 1. The smallest absolute Gasteiger partial charge is 0.248 e. The third-order valence-electron chi connectivity index (χ3n) is 6.63. The van der Waals surface area contributed by atoms with Gasteiger partial charge in [-0.05, 0) is 55.8 Å². The summed E-state index contributed by atoms with van der Waals surface area (Å²) in [4.78, 5) is 28.8. The first-order chi connectivity index (χ1) is 17.3. The molecule has 1 aliphatic rings. The van der Waals surface area contributed by atoms with Gasteiger partial charge < -0.3 is 30.7 Å². The molecule has 10 heteroatoms. The average molecular weight is 533 g/mol. The quantitative estimate of drug-likeness (QED) is 0.288. The molecule has 1 amide bonds. The topological polar surface area (TPSA) is 118 Å².